The lowest BCUT2D eigenvalue weighted by atomic mass is 10.2. The molecule has 2 amide bonds. The summed E-state index contributed by atoms with van der Waals surface area (Å²) in [7, 11) is -3.88. The molecule has 25 heavy (non-hydrogen) atoms. The molecule has 1 aromatic carbocycles. The lowest BCUT2D eigenvalue weighted by Crippen LogP contribution is -2.44. The highest BCUT2D eigenvalue weighted by molar-refractivity contribution is 7.88. The van der Waals surface area contributed by atoms with Crippen molar-refractivity contribution < 1.29 is 18.0 Å². The topological polar surface area (TPSA) is 83.6 Å². The zero-order chi connectivity index (χ0) is 18.8. The summed E-state index contributed by atoms with van der Waals surface area (Å²) in [4.78, 5) is 23.2. The summed E-state index contributed by atoms with van der Waals surface area (Å²) in [6, 6.07) is 2.68. The number of amides is 2. The molecule has 1 aromatic rings. The molecule has 0 aromatic heterocycles. The van der Waals surface area contributed by atoms with E-state index < -0.39 is 34.1 Å². The van der Waals surface area contributed by atoms with Crippen molar-refractivity contribution in [3.8, 4) is 0 Å². The van der Waals surface area contributed by atoms with Crippen LogP contribution in [0.3, 0.4) is 0 Å². The van der Waals surface area contributed by atoms with Crippen LogP contribution in [0.15, 0.2) is 12.1 Å². The summed E-state index contributed by atoms with van der Waals surface area (Å²) in [5, 5.41) is 2.60. The molecule has 0 bridgehead atoms. The molecule has 0 unspecified atom stereocenters. The number of nitrogens with zero attached hydrogens (tertiary/aromatic N) is 1. The van der Waals surface area contributed by atoms with E-state index in [2.05, 4.69) is 5.32 Å². The summed E-state index contributed by atoms with van der Waals surface area (Å²) in [5.41, 5.74) is 0.187. The van der Waals surface area contributed by atoms with Crippen LogP contribution in [0.1, 0.15) is 31.7 Å². The van der Waals surface area contributed by atoms with Crippen molar-refractivity contribution in [2.24, 2.45) is 0 Å². The standard InChI is InChI=1S/C15H17Cl3N2O4S/c1-2-13(21)19-14(22)7-20(9-3-4-9)25(23,24)8-10-11(16)5-6-12(17)15(10)18/h5-6,9H,2-4,7-8H2,1H3,(H,19,21,22). The summed E-state index contributed by atoms with van der Waals surface area (Å²) in [6.07, 6.45) is 1.45. The Morgan fingerprint density at radius 3 is 2.32 bits per heavy atom. The molecular weight excluding hydrogens is 411 g/mol. The van der Waals surface area contributed by atoms with Crippen molar-refractivity contribution in [2.75, 3.05) is 6.54 Å². The summed E-state index contributed by atoms with van der Waals surface area (Å²) in [5.74, 6) is -1.60. The molecule has 1 aliphatic carbocycles. The number of sulfonamides is 1. The lowest BCUT2D eigenvalue weighted by Gasteiger charge is -2.22. The highest BCUT2D eigenvalue weighted by Gasteiger charge is 2.39. The van der Waals surface area contributed by atoms with Gasteiger partial charge >= 0.3 is 0 Å². The maximum atomic E-state index is 12.8. The minimum Gasteiger partial charge on any atom is -0.295 e. The molecular formula is C15H17Cl3N2O4S. The van der Waals surface area contributed by atoms with Crippen LogP contribution < -0.4 is 5.32 Å². The first-order valence-electron chi connectivity index (χ1n) is 7.60. The fourth-order valence-corrected chi connectivity index (χ4v) is 4.86. The molecule has 0 atom stereocenters. The number of benzene rings is 1. The third-order valence-electron chi connectivity index (χ3n) is 3.68. The average Bonchev–Trinajstić information content (AvgIpc) is 3.37. The first-order chi connectivity index (χ1) is 11.7. The number of nitrogens with one attached hydrogen (secondary N) is 1. The molecule has 10 heteroatoms. The fraction of sp³-hybridized carbons (Fsp3) is 0.467. The Kier molecular flexibility index (Phi) is 6.73. The Labute approximate surface area is 161 Å². The maximum absolute atomic E-state index is 12.8. The van der Waals surface area contributed by atoms with E-state index in [9.17, 15) is 18.0 Å². The van der Waals surface area contributed by atoms with Crippen LogP contribution in [-0.2, 0) is 25.4 Å². The van der Waals surface area contributed by atoms with E-state index in [0.717, 1.165) is 4.31 Å². The third-order valence-corrected chi connectivity index (χ3v) is 6.67. The van der Waals surface area contributed by atoms with Crippen LogP contribution in [-0.4, -0.2) is 37.1 Å². The third kappa shape index (κ3) is 5.31. The van der Waals surface area contributed by atoms with Gasteiger partial charge in [-0.3, -0.25) is 14.9 Å². The van der Waals surface area contributed by atoms with Crippen LogP contribution in [0.25, 0.3) is 0 Å². The first-order valence-corrected chi connectivity index (χ1v) is 10.3. The van der Waals surface area contributed by atoms with E-state index in [1.165, 1.54) is 12.1 Å². The van der Waals surface area contributed by atoms with Gasteiger partial charge in [0.05, 0.1) is 22.3 Å². The highest BCUT2D eigenvalue weighted by atomic mass is 35.5. The van der Waals surface area contributed by atoms with Crippen LogP contribution in [0.2, 0.25) is 15.1 Å². The molecule has 0 spiro atoms. The van der Waals surface area contributed by atoms with Crippen molar-refractivity contribution >= 4 is 56.6 Å². The average molecular weight is 428 g/mol. The summed E-state index contributed by atoms with van der Waals surface area (Å²) < 4.78 is 26.7. The highest BCUT2D eigenvalue weighted by Crippen LogP contribution is 2.35. The Morgan fingerprint density at radius 2 is 1.76 bits per heavy atom. The second-order valence-electron chi connectivity index (χ2n) is 5.68. The molecule has 1 fully saturated rings. The van der Waals surface area contributed by atoms with E-state index in [1.807, 2.05) is 0 Å². The normalized spacial score (nSPS) is 14.6. The number of halogens is 3. The van der Waals surface area contributed by atoms with Crippen molar-refractivity contribution in [1.29, 1.82) is 0 Å². The van der Waals surface area contributed by atoms with E-state index in [4.69, 9.17) is 34.8 Å². The minimum absolute atomic E-state index is 0.0686. The quantitative estimate of drug-likeness (QED) is 0.678. The van der Waals surface area contributed by atoms with Gasteiger partial charge in [0.25, 0.3) is 0 Å². The number of hydrogen-bond donors (Lipinski definition) is 1. The molecule has 0 heterocycles. The van der Waals surface area contributed by atoms with E-state index >= 15 is 0 Å². The SMILES string of the molecule is CCC(=O)NC(=O)CN(C1CC1)S(=O)(=O)Cc1c(Cl)ccc(Cl)c1Cl. The number of rotatable bonds is 7. The van der Waals surface area contributed by atoms with Gasteiger partial charge in [-0.2, -0.15) is 4.31 Å². The summed E-state index contributed by atoms with van der Waals surface area (Å²) >= 11 is 18.1. The van der Waals surface area contributed by atoms with Gasteiger partial charge in [0.2, 0.25) is 21.8 Å². The Hall–Kier alpha value is -0.860. The van der Waals surface area contributed by atoms with Crippen LogP contribution in [0.4, 0.5) is 0 Å². The van der Waals surface area contributed by atoms with E-state index in [0.29, 0.717) is 12.8 Å². The van der Waals surface area contributed by atoms with Gasteiger partial charge in [-0.15, -0.1) is 0 Å². The van der Waals surface area contributed by atoms with Crippen LogP contribution >= 0.6 is 34.8 Å². The van der Waals surface area contributed by atoms with Gasteiger partial charge in [0, 0.05) is 23.0 Å². The monoisotopic (exact) mass is 426 g/mol. The molecule has 0 saturated heterocycles. The lowest BCUT2D eigenvalue weighted by molar-refractivity contribution is -0.130. The van der Waals surface area contributed by atoms with Gasteiger partial charge < -0.3 is 0 Å². The Bertz CT molecular complexity index is 794. The van der Waals surface area contributed by atoms with Gasteiger partial charge in [-0.25, -0.2) is 8.42 Å². The van der Waals surface area contributed by atoms with Crippen molar-refractivity contribution in [3.63, 3.8) is 0 Å². The van der Waals surface area contributed by atoms with Gasteiger partial charge in [0.15, 0.2) is 0 Å². The Morgan fingerprint density at radius 1 is 1.16 bits per heavy atom. The summed E-state index contributed by atoms with van der Waals surface area (Å²) in [6.45, 7) is 1.18. The predicted octanol–water partition coefficient (Wildman–Crippen LogP) is 2.99. The molecule has 1 saturated carbocycles. The first kappa shape index (κ1) is 20.5. The molecule has 1 aliphatic rings. The van der Waals surface area contributed by atoms with Crippen molar-refractivity contribution in [3.05, 3.63) is 32.8 Å². The van der Waals surface area contributed by atoms with E-state index in [-0.39, 0.29) is 33.1 Å². The minimum atomic E-state index is -3.88. The Balaban J connectivity index is 2.22. The number of hydrogen-bond acceptors (Lipinski definition) is 4. The largest absolute Gasteiger partial charge is 0.295 e. The van der Waals surface area contributed by atoms with Crippen molar-refractivity contribution in [1.82, 2.24) is 9.62 Å². The van der Waals surface area contributed by atoms with Crippen molar-refractivity contribution in [2.45, 2.75) is 38.0 Å². The number of imide groups is 1. The number of carbonyl (C=O) groups excluding carboxylic acids is 2. The zero-order valence-electron chi connectivity index (χ0n) is 13.4. The van der Waals surface area contributed by atoms with Crippen LogP contribution in [0, 0.1) is 0 Å². The molecule has 6 nitrogen and oxygen atoms in total. The second kappa shape index (κ2) is 8.22. The van der Waals surface area contributed by atoms with E-state index in [1.54, 1.807) is 6.92 Å². The van der Waals surface area contributed by atoms with Gasteiger partial charge in [0.1, 0.15) is 0 Å². The second-order valence-corrected chi connectivity index (χ2v) is 8.79. The molecule has 0 aliphatic heterocycles. The molecule has 1 N–H and O–H groups in total. The molecule has 0 radical (unpaired) electrons. The molecule has 138 valence electrons. The predicted molar refractivity (Wildman–Crippen MR) is 97.3 cm³/mol. The maximum Gasteiger partial charge on any atom is 0.241 e. The molecule has 2 rings (SSSR count). The van der Waals surface area contributed by atoms with Crippen LogP contribution in [0.5, 0.6) is 0 Å². The smallest absolute Gasteiger partial charge is 0.241 e. The van der Waals surface area contributed by atoms with Gasteiger partial charge in [-0.1, -0.05) is 41.7 Å². The van der Waals surface area contributed by atoms with Gasteiger partial charge in [-0.05, 0) is 25.0 Å². The number of carbonyl (C=O) groups is 2. The zero-order valence-corrected chi connectivity index (χ0v) is 16.5. The fourth-order valence-electron chi connectivity index (χ4n) is 2.21.